The Morgan fingerprint density at radius 3 is 2.70 bits per heavy atom. The summed E-state index contributed by atoms with van der Waals surface area (Å²) in [5.41, 5.74) is 1.57. The van der Waals surface area contributed by atoms with Crippen molar-refractivity contribution >= 4 is 35.0 Å². The highest BCUT2D eigenvalue weighted by atomic mass is 35.5. The van der Waals surface area contributed by atoms with Gasteiger partial charge in [0.05, 0.1) is 29.9 Å². The first-order valence-corrected chi connectivity index (χ1v) is 9.94. The normalized spacial score (nSPS) is 18.4. The first-order chi connectivity index (χ1) is 14.5. The van der Waals surface area contributed by atoms with Crippen LogP contribution in [0.1, 0.15) is 47.3 Å². The van der Waals surface area contributed by atoms with Gasteiger partial charge >= 0.3 is 5.97 Å². The molecular formula is C21H19ClN4O4. The van der Waals surface area contributed by atoms with E-state index in [1.54, 1.807) is 41.8 Å². The van der Waals surface area contributed by atoms with Crippen molar-refractivity contribution in [1.29, 1.82) is 0 Å². The molecule has 1 aliphatic heterocycles. The predicted octanol–water partition coefficient (Wildman–Crippen LogP) is 2.54. The van der Waals surface area contributed by atoms with Gasteiger partial charge in [0.25, 0.3) is 0 Å². The third kappa shape index (κ3) is 3.91. The van der Waals surface area contributed by atoms with Gasteiger partial charge in [-0.25, -0.2) is 9.97 Å². The van der Waals surface area contributed by atoms with Crippen molar-refractivity contribution in [3.8, 4) is 0 Å². The summed E-state index contributed by atoms with van der Waals surface area (Å²) >= 11 is 5.98. The molecule has 2 unspecified atom stereocenters. The van der Waals surface area contributed by atoms with Gasteiger partial charge in [-0.15, -0.1) is 0 Å². The van der Waals surface area contributed by atoms with Crippen LogP contribution in [0.5, 0.6) is 0 Å². The monoisotopic (exact) mass is 426 g/mol. The molecule has 0 saturated carbocycles. The third-order valence-corrected chi connectivity index (χ3v) is 5.25. The fourth-order valence-electron chi connectivity index (χ4n) is 3.44. The highest BCUT2D eigenvalue weighted by Gasteiger charge is 2.35. The predicted molar refractivity (Wildman–Crippen MR) is 108 cm³/mol. The molecule has 1 fully saturated rings. The second-order valence-corrected chi connectivity index (χ2v) is 7.48. The zero-order valence-corrected chi connectivity index (χ0v) is 16.9. The van der Waals surface area contributed by atoms with E-state index >= 15 is 0 Å². The minimum Gasteiger partial charge on any atom is -0.460 e. The number of halogens is 1. The number of imidazole rings is 1. The summed E-state index contributed by atoms with van der Waals surface area (Å²) in [6.07, 6.45) is 5.02. The van der Waals surface area contributed by atoms with Crippen LogP contribution in [0.25, 0.3) is 5.78 Å². The van der Waals surface area contributed by atoms with E-state index in [1.165, 1.54) is 12.4 Å². The SMILES string of the molecule is CCC(=O)NCC1CC(c2ccc(C(=O)c3cnc4ncc(Cl)cn34)cc2)C(=O)O1. The number of carbonyl (C=O) groups excluding carboxylic acids is 3. The summed E-state index contributed by atoms with van der Waals surface area (Å²) in [5, 5.41) is 3.14. The Kier molecular flexibility index (Phi) is 5.50. The zero-order valence-electron chi connectivity index (χ0n) is 16.2. The van der Waals surface area contributed by atoms with E-state index in [-0.39, 0.29) is 23.8 Å². The summed E-state index contributed by atoms with van der Waals surface area (Å²) in [4.78, 5) is 44.7. The number of nitrogens with one attached hydrogen (secondary N) is 1. The Hall–Kier alpha value is -3.26. The topological polar surface area (TPSA) is 103 Å². The van der Waals surface area contributed by atoms with Gasteiger partial charge in [0.1, 0.15) is 11.8 Å². The van der Waals surface area contributed by atoms with Crippen LogP contribution in [-0.2, 0) is 14.3 Å². The number of hydrogen-bond acceptors (Lipinski definition) is 6. The molecule has 1 aromatic carbocycles. The summed E-state index contributed by atoms with van der Waals surface area (Å²) in [6, 6.07) is 6.85. The molecule has 0 aliphatic carbocycles. The van der Waals surface area contributed by atoms with Crippen LogP contribution in [0.4, 0.5) is 0 Å². The standard InChI is InChI=1S/C21H19ClN4O4/c1-2-18(27)23-9-15-7-16(20(29)30-15)12-3-5-13(6-4-12)19(28)17-10-25-21-24-8-14(22)11-26(17)21/h3-6,8,10-11,15-16H,2,7,9H2,1H3,(H,23,27). The van der Waals surface area contributed by atoms with Crippen molar-refractivity contribution < 1.29 is 19.1 Å². The number of cyclic esters (lactones) is 1. The molecule has 2 aromatic heterocycles. The molecule has 8 nitrogen and oxygen atoms in total. The van der Waals surface area contributed by atoms with Gasteiger partial charge in [-0.05, 0) is 5.56 Å². The highest BCUT2D eigenvalue weighted by molar-refractivity contribution is 6.30. The fourth-order valence-corrected chi connectivity index (χ4v) is 3.58. The summed E-state index contributed by atoms with van der Waals surface area (Å²) in [7, 11) is 0. The maximum absolute atomic E-state index is 12.9. The number of benzene rings is 1. The molecular weight excluding hydrogens is 408 g/mol. The quantitative estimate of drug-likeness (QED) is 0.480. The minimum atomic E-state index is -0.420. The van der Waals surface area contributed by atoms with Crippen LogP contribution in [0.3, 0.4) is 0 Å². The second-order valence-electron chi connectivity index (χ2n) is 7.04. The lowest BCUT2D eigenvalue weighted by Gasteiger charge is -2.09. The number of ketones is 1. The van der Waals surface area contributed by atoms with E-state index in [9.17, 15) is 14.4 Å². The second kappa shape index (κ2) is 8.23. The average Bonchev–Trinajstić information content (AvgIpc) is 3.34. The van der Waals surface area contributed by atoms with Gasteiger partial charge in [-0.1, -0.05) is 42.8 Å². The van der Waals surface area contributed by atoms with Crippen molar-refractivity contribution in [2.45, 2.75) is 31.8 Å². The number of rotatable bonds is 6. The van der Waals surface area contributed by atoms with E-state index in [0.717, 1.165) is 5.56 Å². The van der Waals surface area contributed by atoms with Gasteiger partial charge in [-0.3, -0.25) is 18.8 Å². The molecule has 154 valence electrons. The van der Waals surface area contributed by atoms with Gasteiger partial charge in [0, 0.05) is 24.6 Å². The molecule has 0 bridgehead atoms. The lowest BCUT2D eigenvalue weighted by molar-refractivity contribution is -0.142. The number of fused-ring (bicyclic) bond motifs is 1. The summed E-state index contributed by atoms with van der Waals surface area (Å²) in [6.45, 7) is 2.07. The first-order valence-electron chi connectivity index (χ1n) is 9.56. The minimum absolute atomic E-state index is 0.0822. The number of hydrogen-bond donors (Lipinski definition) is 1. The Bertz CT molecular complexity index is 1130. The third-order valence-electron chi connectivity index (χ3n) is 5.05. The van der Waals surface area contributed by atoms with E-state index < -0.39 is 5.92 Å². The molecule has 1 saturated heterocycles. The van der Waals surface area contributed by atoms with Crippen molar-refractivity contribution in [3.63, 3.8) is 0 Å². The molecule has 3 heterocycles. The Labute approximate surface area is 177 Å². The number of carbonyl (C=O) groups is 3. The molecule has 1 N–H and O–H groups in total. The van der Waals surface area contributed by atoms with E-state index in [0.29, 0.717) is 41.4 Å². The van der Waals surface area contributed by atoms with Crippen molar-refractivity contribution in [2.75, 3.05) is 6.54 Å². The molecule has 1 amide bonds. The Balaban J connectivity index is 1.48. The van der Waals surface area contributed by atoms with Crippen LogP contribution in [0.15, 0.2) is 42.9 Å². The average molecular weight is 427 g/mol. The molecule has 9 heteroatoms. The first kappa shape index (κ1) is 20.0. The van der Waals surface area contributed by atoms with E-state index in [4.69, 9.17) is 16.3 Å². The van der Waals surface area contributed by atoms with Gasteiger partial charge in [0.15, 0.2) is 0 Å². The van der Waals surface area contributed by atoms with Gasteiger partial charge in [-0.2, -0.15) is 0 Å². The van der Waals surface area contributed by atoms with Crippen LogP contribution in [-0.4, -0.2) is 44.7 Å². The largest absolute Gasteiger partial charge is 0.460 e. The summed E-state index contributed by atoms with van der Waals surface area (Å²) in [5.74, 6) is -0.674. The van der Waals surface area contributed by atoms with E-state index in [1.807, 2.05) is 0 Å². The fraction of sp³-hybridized carbons (Fsp3) is 0.286. The number of esters is 1. The molecule has 30 heavy (non-hydrogen) atoms. The zero-order chi connectivity index (χ0) is 21.3. The highest BCUT2D eigenvalue weighted by Crippen LogP contribution is 2.31. The van der Waals surface area contributed by atoms with E-state index in [2.05, 4.69) is 15.3 Å². The lowest BCUT2D eigenvalue weighted by atomic mass is 9.94. The summed E-state index contributed by atoms with van der Waals surface area (Å²) < 4.78 is 6.91. The van der Waals surface area contributed by atoms with Gasteiger partial charge in [0.2, 0.25) is 17.5 Å². The maximum Gasteiger partial charge on any atom is 0.313 e. The smallest absolute Gasteiger partial charge is 0.313 e. The number of nitrogens with zero attached hydrogens (tertiary/aromatic N) is 3. The van der Waals surface area contributed by atoms with Crippen molar-refractivity contribution in [1.82, 2.24) is 19.7 Å². The van der Waals surface area contributed by atoms with Crippen LogP contribution >= 0.6 is 11.6 Å². The molecule has 0 spiro atoms. The Morgan fingerprint density at radius 1 is 1.23 bits per heavy atom. The van der Waals surface area contributed by atoms with Crippen molar-refractivity contribution in [3.05, 3.63) is 64.7 Å². The maximum atomic E-state index is 12.9. The molecule has 3 aromatic rings. The van der Waals surface area contributed by atoms with Crippen LogP contribution < -0.4 is 5.32 Å². The lowest BCUT2D eigenvalue weighted by Crippen LogP contribution is -2.31. The number of ether oxygens (including phenoxy) is 1. The molecule has 0 radical (unpaired) electrons. The molecule has 2 atom stereocenters. The van der Waals surface area contributed by atoms with Crippen molar-refractivity contribution in [2.24, 2.45) is 0 Å². The Morgan fingerprint density at radius 2 is 1.97 bits per heavy atom. The van der Waals surface area contributed by atoms with Gasteiger partial charge < -0.3 is 10.1 Å². The molecule has 4 rings (SSSR count). The number of amides is 1. The van der Waals surface area contributed by atoms with Crippen LogP contribution in [0, 0.1) is 0 Å². The number of aromatic nitrogens is 3. The molecule has 1 aliphatic rings. The van der Waals surface area contributed by atoms with Crippen LogP contribution in [0.2, 0.25) is 5.02 Å².